The van der Waals surface area contributed by atoms with Crippen LogP contribution in [0.3, 0.4) is 0 Å². The molecule has 0 amide bonds. The van der Waals surface area contributed by atoms with E-state index in [4.69, 9.17) is 10.5 Å². The van der Waals surface area contributed by atoms with Crippen LogP contribution in [0.15, 0.2) is 12.4 Å². The largest absolute Gasteiger partial charge is 0.383 e. The Kier molecular flexibility index (Phi) is 4.44. The first-order chi connectivity index (χ1) is 13.0. The predicted molar refractivity (Wildman–Crippen MR) is 103 cm³/mol. The quantitative estimate of drug-likeness (QED) is 0.858. The summed E-state index contributed by atoms with van der Waals surface area (Å²) in [6, 6.07) is 2.22. The molecule has 0 bridgehead atoms. The number of ether oxygens (including phenoxy) is 1. The van der Waals surface area contributed by atoms with E-state index in [0.717, 1.165) is 54.7 Å². The zero-order valence-electron chi connectivity index (χ0n) is 15.7. The van der Waals surface area contributed by atoms with E-state index in [-0.39, 0.29) is 17.3 Å². The van der Waals surface area contributed by atoms with Crippen molar-refractivity contribution in [2.75, 3.05) is 24.2 Å². The first-order valence-electron chi connectivity index (χ1n) is 9.40. The highest BCUT2D eigenvalue weighted by molar-refractivity contribution is 5.79. The van der Waals surface area contributed by atoms with Gasteiger partial charge in [0.15, 0.2) is 0 Å². The highest BCUT2D eigenvalue weighted by Crippen LogP contribution is 2.43. The molecule has 4 rings (SSSR count). The van der Waals surface area contributed by atoms with E-state index in [1.54, 1.807) is 12.4 Å². The van der Waals surface area contributed by atoms with Gasteiger partial charge in [0.1, 0.15) is 17.5 Å². The smallest absolute Gasteiger partial charge is 0.222 e. The van der Waals surface area contributed by atoms with Crippen LogP contribution in [0.5, 0.6) is 0 Å². The third-order valence-corrected chi connectivity index (χ3v) is 5.53. The summed E-state index contributed by atoms with van der Waals surface area (Å²) in [7, 11) is 0. The average molecular weight is 364 g/mol. The van der Waals surface area contributed by atoms with Gasteiger partial charge in [0.05, 0.1) is 11.8 Å². The van der Waals surface area contributed by atoms with Crippen molar-refractivity contribution in [2.45, 2.75) is 51.0 Å². The molecule has 1 fully saturated rings. The van der Waals surface area contributed by atoms with Gasteiger partial charge in [0.25, 0.3) is 0 Å². The molecule has 1 unspecified atom stereocenters. The summed E-state index contributed by atoms with van der Waals surface area (Å²) < 4.78 is 5.61. The predicted octanol–water partition coefficient (Wildman–Crippen LogP) is 2.81. The number of pyridine rings is 1. The molecule has 27 heavy (non-hydrogen) atoms. The Labute approximate surface area is 159 Å². The molecule has 2 aliphatic rings. The van der Waals surface area contributed by atoms with E-state index in [0.29, 0.717) is 18.1 Å². The summed E-state index contributed by atoms with van der Waals surface area (Å²) in [5.74, 6) is 0.841. The van der Waals surface area contributed by atoms with Crippen molar-refractivity contribution in [2.24, 2.45) is 0 Å². The molecule has 0 radical (unpaired) electrons. The van der Waals surface area contributed by atoms with Gasteiger partial charge in [-0.15, -0.1) is 0 Å². The Morgan fingerprint density at radius 3 is 2.81 bits per heavy atom. The monoisotopic (exact) mass is 364 g/mol. The molecule has 140 valence electrons. The van der Waals surface area contributed by atoms with Gasteiger partial charge < -0.3 is 15.8 Å². The molecule has 2 aromatic heterocycles. The lowest BCUT2D eigenvalue weighted by Gasteiger charge is -2.19. The first-order valence-corrected chi connectivity index (χ1v) is 9.40. The fraction of sp³-hybridized carbons (Fsp3) is 0.500. The first kappa shape index (κ1) is 17.7. The molecule has 1 saturated heterocycles. The Bertz CT molecular complexity index is 894. The van der Waals surface area contributed by atoms with Crippen LogP contribution in [-0.4, -0.2) is 34.2 Å². The number of anilines is 2. The second-order valence-corrected chi connectivity index (χ2v) is 7.88. The summed E-state index contributed by atoms with van der Waals surface area (Å²) >= 11 is 0. The number of nitrogen functional groups attached to an aromatic ring is 1. The molecule has 1 atom stereocenters. The van der Waals surface area contributed by atoms with Crippen LogP contribution in [-0.2, 0) is 16.6 Å². The standard InChI is InChI=1S/C20H24N6O/c1-20(2)6-5-14-16(15(8-21)18(22)26-17(14)20)12-9-23-19(24-10-12)25-11-13-4-3-7-27-13/h9-10,13H,3-7,11H2,1-2H3,(H2,22,26)(H,23,24,25). The van der Waals surface area contributed by atoms with Crippen molar-refractivity contribution in [3.63, 3.8) is 0 Å². The molecule has 2 aromatic rings. The number of hydrogen-bond donors (Lipinski definition) is 2. The molecular formula is C20H24N6O. The number of aromatic nitrogens is 3. The lowest BCUT2D eigenvalue weighted by atomic mass is 9.89. The number of nitrogens with zero attached hydrogens (tertiary/aromatic N) is 4. The minimum Gasteiger partial charge on any atom is -0.383 e. The summed E-state index contributed by atoms with van der Waals surface area (Å²) in [4.78, 5) is 13.4. The van der Waals surface area contributed by atoms with Gasteiger partial charge in [-0.05, 0) is 31.2 Å². The zero-order chi connectivity index (χ0) is 19.0. The second kappa shape index (κ2) is 6.78. The molecule has 0 saturated carbocycles. The number of nitriles is 1. The van der Waals surface area contributed by atoms with Gasteiger partial charge in [-0.3, -0.25) is 0 Å². The maximum absolute atomic E-state index is 9.64. The summed E-state index contributed by atoms with van der Waals surface area (Å²) in [5.41, 5.74) is 10.2. The lowest BCUT2D eigenvalue weighted by molar-refractivity contribution is 0.120. The molecule has 3 N–H and O–H groups in total. The van der Waals surface area contributed by atoms with Crippen LogP contribution in [0.2, 0.25) is 0 Å². The molecule has 3 heterocycles. The Morgan fingerprint density at radius 2 is 2.15 bits per heavy atom. The number of nitrogens with two attached hydrogens (primary N) is 1. The Hall–Kier alpha value is -2.72. The minimum absolute atomic E-state index is 0.0458. The number of hydrogen-bond acceptors (Lipinski definition) is 7. The van der Waals surface area contributed by atoms with Crippen molar-refractivity contribution < 1.29 is 4.74 Å². The van der Waals surface area contributed by atoms with E-state index in [1.165, 1.54) is 0 Å². The third kappa shape index (κ3) is 3.21. The number of fused-ring (bicyclic) bond motifs is 1. The van der Waals surface area contributed by atoms with E-state index in [1.807, 2.05) is 0 Å². The van der Waals surface area contributed by atoms with Crippen molar-refractivity contribution in [1.29, 1.82) is 5.26 Å². The maximum atomic E-state index is 9.64. The minimum atomic E-state index is -0.0458. The summed E-state index contributed by atoms with van der Waals surface area (Å²) in [6.07, 6.45) is 7.77. The van der Waals surface area contributed by atoms with Crippen LogP contribution in [0.25, 0.3) is 11.1 Å². The molecule has 1 aliphatic carbocycles. The summed E-state index contributed by atoms with van der Waals surface area (Å²) in [6.45, 7) is 5.86. The molecule has 0 spiro atoms. The lowest BCUT2D eigenvalue weighted by Crippen LogP contribution is -2.19. The third-order valence-electron chi connectivity index (χ3n) is 5.53. The van der Waals surface area contributed by atoms with E-state index in [9.17, 15) is 5.26 Å². The van der Waals surface area contributed by atoms with Crippen LogP contribution >= 0.6 is 0 Å². The summed E-state index contributed by atoms with van der Waals surface area (Å²) in [5, 5.41) is 12.9. The Balaban J connectivity index is 1.66. The van der Waals surface area contributed by atoms with Crippen LogP contribution < -0.4 is 11.1 Å². The van der Waals surface area contributed by atoms with Gasteiger partial charge in [0, 0.05) is 42.1 Å². The topological polar surface area (TPSA) is 110 Å². The molecule has 7 nitrogen and oxygen atoms in total. The fourth-order valence-corrected chi connectivity index (χ4v) is 3.99. The van der Waals surface area contributed by atoms with Gasteiger partial charge in [-0.2, -0.15) is 5.26 Å². The van der Waals surface area contributed by atoms with Gasteiger partial charge in [0.2, 0.25) is 5.95 Å². The normalized spacial score (nSPS) is 20.3. The van der Waals surface area contributed by atoms with Crippen LogP contribution in [0.4, 0.5) is 11.8 Å². The molecule has 7 heteroatoms. The van der Waals surface area contributed by atoms with Crippen LogP contribution in [0.1, 0.15) is 49.9 Å². The second-order valence-electron chi connectivity index (χ2n) is 7.88. The van der Waals surface area contributed by atoms with Crippen molar-refractivity contribution >= 4 is 11.8 Å². The molecule has 1 aliphatic heterocycles. The van der Waals surface area contributed by atoms with Gasteiger partial charge in [-0.1, -0.05) is 13.8 Å². The van der Waals surface area contributed by atoms with Crippen molar-refractivity contribution in [1.82, 2.24) is 15.0 Å². The average Bonchev–Trinajstić information content (AvgIpc) is 3.28. The van der Waals surface area contributed by atoms with Crippen molar-refractivity contribution in [3.05, 3.63) is 29.2 Å². The SMILES string of the molecule is CC1(C)CCc2c1nc(N)c(C#N)c2-c1cnc(NCC2CCCO2)nc1. The van der Waals surface area contributed by atoms with Gasteiger partial charge >= 0.3 is 0 Å². The fourth-order valence-electron chi connectivity index (χ4n) is 3.99. The molecular weight excluding hydrogens is 340 g/mol. The highest BCUT2D eigenvalue weighted by Gasteiger charge is 2.35. The van der Waals surface area contributed by atoms with E-state index < -0.39 is 0 Å². The highest BCUT2D eigenvalue weighted by atomic mass is 16.5. The molecule has 0 aromatic carbocycles. The number of nitrogens with one attached hydrogen (secondary N) is 1. The van der Waals surface area contributed by atoms with E-state index in [2.05, 4.69) is 40.2 Å². The van der Waals surface area contributed by atoms with Crippen molar-refractivity contribution in [3.8, 4) is 17.2 Å². The maximum Gasteiger partial charge on any atom is 0.222 e. The zero-order valence-corrected chi connectivity index (χ0v) is 15.7. The number of rotatable bonds is 4. The van der Waals surface area contributed by atoms with Gasteiger partial charge in [-0.25, -0.2) is 15.0 Å². The Morgan fingerprint density at radius 1 is 1.37 bits per heavy atom. The van der Waals surface area contributed by atoms with Crippen LogP contribution in [0, 0.1) is 11.3 Å². The van der Waals surface area contributed by atoms with E-state index >= 15 is 0 Å².